The molecule has 0 aliphatic carbocycles. The van der Waals surface area contributed by atoms with Crippen molar-refractivity contribution in [2.75, 3.05) is 37.7 Å². The first-order valence-electron chi connectivity index (χ1n) is 16.0. The van der Waals surface area contributed by atoms with Crippen LogP contribution in [0.5, 0.6) is 11.8 Å². The highest BCUT2D eigenvalue weighted by atomic mass is 19.1. The van der Waals surface area contributed by atoms with Crippen molar-refractivity contribution in [2.24, 2.45) is 0 Å². The molecule has 5 heterocycles. The Bertz CT molecular complexity index is 1710. The van der Waals surface area contributed by atoms with Crippen molar-refractivity contribution in [2.45, 2.75) is 76.2 Å². The Morgan fingerprint density at radius 1 is 1.09 bits per heavy atom. The lowest BCUT2D eigenvalue weighted by Gasteiger charge is -2.37. The minimum atomic E-state index is -0.802. The monoisotopic (exact) mass is 581 g/mol. The second-order valence-corrected chi connectivity index (χ2v) is 13.1. The summed E-state index contributed by atoms with van der Waals surface area (Å²) in [5, 5.41) is 17.6. The predicted molar refractivity (Wildman–Crippen MR) is 169 cm³/mol. The first-order chi connectivity index (χ1) is 20.9. The van der Waals surface area contributed by atoms with E-state index in [1.165, 1.54) is 10.9 Å². The molecular formula is C35H40FN5O2. The zero-order valence-corrected chi connectivity index (χ0v) is 25.1. The van der Waals surface area contributed by atoms with Crippen molar-refractivity contribution >= 4 is 27.5 Å². The van der Waals surface area contributed by atoms with Crippen molar-refractivity contribution in [3.8, 4) is 22.9 Å². The van der Waals surface area contributed by atoms with Gasteiger partial charge in [0.25, 0.3) is 0 Å². The molecule has 8 heteroatoms. The van der Waals surface area contributed by atoms with E-state index >= 15 is 0 Å². The molecule has 1 aromatic heterocycles. The van der Waals surface area contributed by atoms with Gasteiger partial charge in [-0.2, -0.15) is 9.97 Å². The number of hydrogen-bond acceptors (Lipinski definition) is 7. The normalized spacial score (nSPS) is 27.0. The van der Waals surface area contributed by atoms with Crippen molar-refractivity contribution < 1.29 is 14.2 Å². The third-order valence-corrected chi connectivity index (χ3v) is 10.7. The van der Waals surface area contributed by atoms with E-state index in [2.05, 4.69) is 59.3 Å². The first-order valence-corrected chi connectivity index (χ1v) is 16.0. The zero-order valence-electron chi connectivity index (χ0n) is 25.1. The number of aromatic nitrogens is 2. The van der Waals surface area contributed by atoms with Crippen LogP contribution in [-0.2, 0) is 6.42 Å². The Morgan fingerprint density at radius 2 is 1.93 bits per heavy atom. The Hall–Kier alpha value is -3.49. The molecular weight excluding hydrogens is 541 g/mol. The van der Waals surface area contributed by atoms with Gasteiger partial charge in [0.1, 0.15) is 24.3 Å². The number of fused-ring (bicyclic) bond motifs is 5. The number of nitrogens with zero attached hydrogens (tertiary/aromatic N) is 4. The van der Waals surface area contributed by atoms with Gasteiger partial charge in [0.2, 0.25) is 0 Å². The molecule has 2 unspecified atom stereocenters. The summed E-state index contributed by atoms with van der Waals surface area (Å²) in [6.07, 6.45) is 4.92. The van der Waals surface area contributed by atoms with Gasteiger partial charge in [-0.25, -0.2) is 4.39 Å². The van der Waals surface area contributed by atoms with Crippen LogP contribution in [0.25, 0.3) is 32.8 Å². The summed E-state index contributed by atoms with van der Waals surface area (Å²) >= 11 is 0. The molecule has 7 nitrogen and oxygen atoms in total. The summed E-state index contributed by atoms with van der Waals surface area (Å²) in [7, 11) is 0. The minimum Gasteiger partial charge on any atom is -0.508 e. The van der Waals surface area contributed by atoms with Gasteiger partial charge in [0.05, 0.1) is 11.1 Å². The smallest absolute Gasteiger partial charge is 0.319 e. The fraction of sp³-hybridized carbons (Fsp3) is 0.486. The quantitative estimate of drug-likeness (QED) is 0.293. The Kier molecular flexibility index (Phi) is 6.49. The molecule has 0 radical (unpaired) electrons. The van der Waals surface area contributed by atoms with Crippen molar-refractivity contribution in [1.29, 1.82) is 0 Å². The molecule has 2 bridgehead atoms. The topological polar surface area (TPSA) is 73.8 Å². The number of anilines is 1. The molecule has 0 saturated carbocycles. The van der Waals surface area contributed by atoms with Crippen LogP contribution in [0.3, 0.4) is 0 Å². The highest BCUT2D eigenvalue weighted by Gasteiger charge is 2.49. The number of phenols is 1. The number of benzene rings is 3. The lowest BCUT2D eigenvalue weighted by Crippen LogP contribution is -2.52. The van der Waals surface area contributed by atoms with E-state index in [0.717, 1.165) is 90.5 Å². The molecule has 0 amide bonds. The van der Waals surface area contributed by atoms with Gasteiger partial charge in [-0.15, -0.1) is 0 Å². The van der Waals surface area contributed by atoms with Crippen molar-refractivity contribution in [3.63, 3.8) is 0 Å². The summed E-state index contributed by atoms with van der Waals surface area (Å²) in [6, 6.07) is 15.5. The van der Waals surface area contributed by atoms with E-state index in [4.69, 9.17) is 14.7 Å². The average Bonchev–Trinajstić information content (AvgIpc) is 3.61. The van der Waals surface area contributed by atoms with Crippen LogP contribution in [0.2, 0.25) is 0 Å². The molecule has 224 valence electrons. The molecule has 2 N–H and O–H groups in total. The van der Waals surface area contributed by atoms with E-state index < -0.39 is 6.17 Å². The molecule has 3 aromatic carbocycles. The number of piperazine rings is 1. The fourth-order valence-electron chi connectivity index (χ4n) is 8.62. The lowest BCUT2D eigenvalue weighted by molar-refractivity contribution is 0.107. The number of hydrogen-bond donors (Lipinski definition) is 2. The number of aryl methyl sites for hydroxylation is 2. The molecule has 4 atom stereocenters. The minimum absolute atomic E-state index is 0.253. The fourth-order valence-corrected chi connectivity index (χ4v) is 8.62. The highest BCUT2D eigenvalue weighted by Crippen LogP contribution is 2.43. The van der Waals surface area contributed by atoms with Gasteiger partial charge < -0.3 is 20.1 Å². The van der Waals surface area contributed by atoms with Crippen molar-refractivity contribution in [1.82, 2.24) is 20.2 Å². The summed E-state index contributed by atoms with van der Waals surface area (Å²) in [6.45, 7) is 8.01. The zero-order chi connectivity index (χ0) is 29.3. The standard InChI is InChI=1S/C35H40FN5O2/c1-3-22-6-4-7-23-14-27(42)15-30(31(22)23)28-10-11-29-32(21(28)2)38-34(39-33(29)41-25-8-9-26(41)18-37-17-25)43-20-35-12-5-13-40(35)19-24(36)16-35/h4,6-7,10-11,14-15,24-26,37,42H,3,5,8-9,12-13,16-20H2,1-2H3/t24-,25?,26?,35+/m1/s1. The number of alkyl halides is 1. The van der Waals surface area contributed by atoms with E-state index in [1.54, 1.807) is 0 Å². The maximum atomic E-state index is 14.5. The van der Waals surface area contributed by atoms with Gasteiger partial charge in [0.15, 0.2) is 0 Å². The van der Waals surface area contributed by atoms with E-state index in [9.17, 15) is 9.50 Å². The van der Waals surface area contributed by atoms with Crippen LogP contribution in [-0.4, -0.2) is 76.6 Å². The molecule has 4 fully saturated rings. The third kappa shape index (κ3) is 4.36. The Labute approximate surface area is 252 Å². The summed E-state index contributed by atoms with van der Waals surface area (Å²) < 4.78 is 21.0. The highest BCUT2D eigenvalue weighted by molar-refractivity contribution is 6.04. The molecule has 8 rings (SSSR count). The predicted octanol–water partition coefficient (Wildman–Crippen LogP) is 5.92. The Morgan fingerprint density at radius 3 is 2.74 bits per heavy atom. The van der Waals surface area contributed by atoms with Crippen LogP contribution in [0.15, 0.2) is 42.5 Å². The molecule has 43 heavy (non-hydrogen) atoms. The summed E-state index contributed by atoms with van der Waals surface area (Å²) in [5.41, 5.74) is 4.95. The number of phenolic OH excluding ortho intramolecular Hbond substituents is 1. The second kappa shape index (κ2) is 10.3. The van der Waals surface area contributed by atoms with Gasteiger partial charge in [0, 0.05) is 43.5 Å². The maximum absolute atomic E-state index is 14.5. The maximum Gasteiger partial charge on any atom is 0.319 e. The molecule has 4 aliphatic rings. The molecule has 4 saturated heterocycles. The number of ether oxygens (including phenoxy) is 1. The number of rotatable bonds is 6. The van der Waals surface area contributed by atoms with Crippen molar-refractivity contribution in [3.05, 3.63) is 53.6 Å². The summed E-state index contributed by atoms with van der Waals surface area (Å²) in [5.74, 6) is 1.19. The third-order valence-electron chi connectivity index (χ3n) is 10.7. The van der Waals surface area contributed by atoms with Gasteiger partial charge in [-0.3, -0.25) is 4.90 Å². The van der Waals surface area contributed by atoms with E-state index in [1.807, 2.05) is 12.1 Å². The van der Waals surface area contributed by atoms with Crippen LogP contribution in [0.1, 0.15) is 50.2 Å². The number of aromatic hydroxyl groups is 1. The SMILES string of the molecule is CCc1cccc2cc(O)cc(-c3ccc4c(N5C6CCC5CNC6)nc(OC[C@@]56CCCN5C[C@H](F)C6)nc4c3C)c12. The molecule has 4 aromatic rings. The van der Waals surface area contributed by atoms with Gasteiger partial charge in [-0.1, -0.05) is 31.2 Å². The van der Waals surface area contributed by atoms with E-state index in [-0.39, 0.29) is 11.3 Å². The van der Waals surface area contributed by atoms with Gasteiger partial charge in [-0.05, 0) is 96.8 Å². The lowest BCUT2D eigenvalue weighted by atomic mass is 9.90. The first kappa shape index (κ1) is 27.1. The summed E-state index contributed by atoms with van der Waals surface area (Å²) in [4.78, 5) is 15.0. The van der Waals surface area contributed by atoms with Gasteiger partial charge >= 0.3 is 6.01 Å². The van der Waals surface area contributed by atoms with Crippen LogP contribution < -0.4 is 15.0 Å². The second-order valence-electron chi connectivity index (χ2n) is 13.1. The van der Waals surface area contributed by atoms with Crippen LogP contribution in [0, 0.1) is 6.92 Å². The largest absolute Gasteiger partial charge is 0.508 e. The average molecular weight is 582 g/mol. The van der Waals surface area contributed by atoms with E-state index in [0.29, 0.717) is 37.7 Å². The van der Waals surface area contributed by atoms with Crippen LogP contribution >= 0.6 is 0 Å². The number of halogens is 1. The molecule has 0 spiro atoms. The Balaban J connectivity index is 1.28. The molecule has 4 aliphatic heterocycles. The number of nitrogens with one attached hydrogen (secondary N) is 1. The van der Waals surface area contributed by atoms with Crippen LogP contribution in [0.4, 0.5) is 10.2 Å².